The number of rotatable bonds is 6. The minimum atomic E-state index is -0.791. The van der Waals surface area contributed by atoms with Gasteiger partial charge in [0.15, 0.2) is 0 Å². The maximum absolute atomic E-state index is 10.9. The molecule has 118 valence electrons. The highest BCUT2D eigenvalue weighted by atomic mass is 32.1. The quantitative estimate of drug-likeness (QED) is 0.737. The summed E-state index contributed by atoms with van der Waals surface area (Å²) in [5, 5.41) is 11.0. The van der Waals surface area contributed by atoms with Crippen molar-refractivity contribution in [1.82, 2.24) is 4.57 Å². The van der Waals surface area contributed by atoms with Gasteiger partial charge in [-0.3, -0.25) is 4.79 Å². The van der Waals surface area contributed by atoms with Gasteiger partial charge in [-0.2, -0.15) is 0 Å². The molecule has 0 unspecified atom stereocenters. The Labute approximate surface area is 138 Å². The van der Waals surface area contributed by atoms with E-state index in [0.29, 0.717) is 6.42 Å². The lowest BCUT2D eigenvalue weighted by Gasteiger charge is -2.14. The molecule has 0 saturated heterocycles. The van der Waals surface area contributed by atoms with E-state index in [1.165, 1.54) is 0 Å². The van der Waals surface area contributed by atoms with Crippen LogP contribution in [0.2, 0.25) is 0 Å². The number of hydrogen-bond donors (Lipinski definition) is 1. The van der Waals surface area contributed by atoms with Gasteiger partial charge in [0.2, 0.25) is 0 Å². The summed E-state index contributed by atoms with van der Waals surface area (Å²) in [5.74, 6) is -0.0152. The Morgan fingerprint density at radius 2 is 2.09 bits per heavy atom. The highest BCUT2D eigenvalue weighted by molar-refractivity contribution is 7.13. The number of benzene rings is 1. The largest absolute Gasteiger partial charge is 0.497 e. The SMILES string of the molecule is COc1cccc(-n2c(CCC(=O)O)ccc2-c2cccs2)c1. The highest BCUT2D eigenvalue weighted by Crippen LogP contribution is 2.31. The van der Waals surface area contributed by atoms with E-state index in [-0.39, 0.29) is 6.42 Å². The molecule has 0 aliphatic heterocycles. The number of aromatic nitrogens is 1. The molecule has 0 atom stereocenters. The number of aliphatic carboxylic acids is 1. The summed E-state index contributed by atoms with van der Waals surface area (Å²) in [6.45, 7) is 0. The van der Waals surface area contributed by atoms with Crippen molar-refractivity contribution in [2.75, 3.05) is 7.11 Å². The lowest BCUT2D eigenvalue weighted by atomic mass is 10.2. The van der Waals surface area contributed by atoms with E-state index < -0.39 is 5.97 Å². The number of thiophene rings is 1. The van der Waals surface area contributed by atoms with Gasteiger partial charge in [0.25, 0.3) is 0 Å². The number of nitrogens with zero attached hydrogens (tertiary/aromatic N) is 1. The predicted molar refractivity (Wildman–Crippen MR) is 91.6 cm³/mol. The Balaban J connectivity index is 2.10. The first-order valence-corrected chi connectivity index (χ1v) is 8.17. The first-order chi connectivity index (χ1) is 11.2. The number of carboxylic acid groups (broad SMARTS) is 1. The molecule has 1 N–H and O–H groups in total. The molecule has 3 aromatic rings. The van der Waals surface area contributed by atoms with Crippen LogP contribution in [0.15, 0.2) is 53.9 Å². The van der Waals surface area contributed by atoms with Gasteiger partial charge in [0.1, 0.15) is 5.75 Å². The van der Waals surface area contributed by atoms with Gasteiger partial charge in [0, 0.05) is 17.4 Å². The molecular weight excluding hydrogens is 310 g/mol. The molecule has 0 amide bonds. The Bertz CT molecular complexity index is 806. The van der Waals surface area contributed by atoms with Crippen molar-refractivity contribution in [2.45, 2.75) is 12.8 Å². The van der Waals surface area contributed by atoms with E-state index in [1.807, 2.05) is 47.8 Å². The van der Waals surface area contributed by atoms with Crippen molar-refractivity contribution in [3.05, 3.63) is 59.6 Å². The second kappa shape index (κ2) is 6.71. The minimum absolute atomic E-state index is 0.109. The standard InChI is InChI=1S/C18H17NO3S/c1-22-15-5-2-4-14(12-15)19-13(8-10-18(20)21)7-9-16(19)17-6-3-11-23-17/h2-7,9,11-12H,8,10H2,1H3,(H,20,21). The van der Waals surface area contributed by atoms with Gasteiger partial charge < -0.3 is 14.4 Å². The Morgan fingerprint density at radius 3 is 2.78 bits per heavy atom. The molecule has 1 aromatic carbocycles. The average molecular weight is 327 g/mol. The van der Waals surface area contributed by atoms with E-state index in [9.17, 15) is 4.79 Å². The van der Waals surface area contributed by atoms with E-state index in [4.69, 9.17) is 9.84 Å². The summed E-state index contributed by atoms with van der Waals surface area (Å²) in [5.41, 5.74) is 3.01. The first-order valence-electron chi connectivity index (χ1n) is 7.30. The maximum Gasteiger partial charge on any atom is 0.303 e. The normalized spacial score (nSPS) is 10.7. The second-order valence-electron chi connectivity index (χ2n) is 5.12. The number of methoxy groups -OCH3 is 1. The van der Waals surface area contributed by atoms with Crippen molar-refractivity contribution < 1.29 is 14.6 Å². The second-order valence-corrected chi connectivity index (χ2v) is 6.07. The van der Waals surface area contributed by atoms with E-state index in [0.717, 1.165) is 27.7 Å². The molecule has 0 bridgehead atoms. The van der Waals surface area contributed by atoms with Crippen LogP contribution in [0.3, 0.4) is 0 Å². The van der Waals surface area contributed by atoms with Gasteiger partial charge in [-0.15, -0.1) is 11.3 Å². The van der Waals surface area contributed by atoms with Gasteiger partial charge in [-0.05, 0) is 42.1 Å². The van der Waals surface area contributed by atoms with Crippen LogP contribution in [0.1, 0.15) is 12.1 Å². The van der Waals surface area contributed by atoms with Crippen LogP contribution in [0.4, 0.5) is 0 Å². The fourth-order valence-corrected chi connectivity index (χ4v) is 3.32. The number of hydrogen-bond acceptors (Lipinski definition) is 3. The number of carboxylic acids is 1. The van der Waals surface area contributed by atoms with E-state index >= 15 is 0 Å². The lowest BCUT2D eigenvalue weighted by molar-refractivity contribution is -0.136. The molecule has 0 aliphatic rings. The minimum Gasteiger partial charge on any atom is -0.497 e. The Hall–Kier alpha value is -2.53. The molecule has 0 aliphatic carbocycles. The van der Waals surface area contributed by atoms with Crippen LogP contribution < -0.4 is 4.74 Å². The molecule has 3 rings (SSSR count). The number of aryl methyl sites for hydroxylation is 1. The van der Waals surface area contributed by atoms with Crippen molar-refractivity contribution in [3.63, 3.8) is 0 Å². The molecule has 0 saturated carbocycles. The van der Waals surface area contributed by atoms with Crippen molar-refractivity contribution >= 4 is 17.3 Å². The fourth-order valence-electron chi connectivity index (χ4n) is 2.58. The molecule has 0 spiro atoms. The number of carbonyl (C=O) groups is 1. The maximum atomic E-state index is 10.9. The monoisotopic (exact) mass is 327 g/mol. The summed E-state index contributed by atoms with van der Waals surface area (Å²) in [6, 6.07) is 15.9. The van der Waals surface area contributed by atoms with Crippen LogP contribution in [0.25, 0.3) is 16.3 Å². The Morgan fingerprint density at radius 1 is 1.22 bits per heavy atom. The van der Waals surface area contributed by atoms with Crippen molar-refractivity contribution in [2.24, 2.45) is 0 Å². The molecule has 2 aromatic heterocycles. The van der Waals surface area contributed by atoms with Crippen LogP contribution in [-0.2, 0) is 11.2 Å². The van der Waals surface area contributed by atoms with E-state index in [2.05, 4.69) is 10.6 Å². The summed E-state index contributed by atoms with van der Waals surface area (Å²) < 4.78 is 7.43. The third-order valence-corrected chi connectivity index (χ3v) is 4.53. The number of ether oxygens (including phenoxy) is 1. The summed E-state index contributed by atoms with van der Waals surface area (Å²) in [7, 11) is 1.64. The van der Waals surface area contributed by atoms with E-state index in [1.54, 1.807) is 18.4 Å². The van der Waals surface area contributed by atoms with Crippen molar-refractivity contribution in [1.29, 1.82) is 0 Å². The van der Waals surface area contributed by atoms with Crippen LogP contribution in [-0.4, -0.2) is 22.8 Å². The van der Waals surface area contributed by atoms with Crippen molar-refractivity contribution in [3.8, 4) is 22.0 Å². The molecule has 5 heteroatoms. The molecule has 2 heterocycles. The highest BCUT2D eigenvalue weighted by Gasteiger charge is 2.14. The lowest BCUT2D eigenvalue weighted by Crippen LogP contribution is -2.05. The average Bonchev–Trinajstić information content (AvgIpc) is 3.21. The predicted octanol–water partition coefficient (Wildman–Crippen LogP) is 4.23. The zero-order chi connectivity index (χ0) is 16.2. The third kappa shape index (κ3) is 3.29. The summed E-state index contributed by atoms with van der Waals surface area (Å²) in [4.78, 5) is 12.1. The third-order valence-electron chi connectivity index (χ3n) is 3.64. The van der Waals surface area contributed by atoms with Crippen LogP contribution >= 0.6 is 11.3 Å². The first kappa shape index (κ1) is 15.4. The topological polar surface area (TPSA) is 51.5 Å². The van der Waals surface area contributed by atoms with Gasteiger partial charge >= 0.3 is 5.97 Å². The molecular formula is C18H17NO3S. The smallest absolute Gasteiger partial charge is 0.303 e. The Kier molecular flexibility index (Phi) is 4.48. The van der Waals surface area contributed by atoms with Crippen LogP contribution in [0, 0.1) is 0 Å². The van der Waals surface area contributed by atoms with Gasteiger partial charge in [0.05, 0.1) is 24.1 Å². The van der Waals surface area contributed by atoms with Gasteiger partial charge in [-0.25, -0.2) is 0 Å². The zero-order valence-corrected chi connectivity index (χ0v) is 13.5. The molecule has 4 nitrogen and oxygen atoms in total. The summed E-state index contributed by atoms with van der Waals surface area (Å²) in [6.07, 6.45) is 0.593. The molecule has 0 fully saturated rings. The molecule has 0 radical (unpaired) electrons. The van der Waals surface area contributed by atoms with Gasteiger partial charge in [-0.1, -0.05) is 12.1 Å². The van der Waals surface area contributed by atoms with Crippen LogP contribution in [0.5, 0.6) is 5.75 Å². The summed E-state index contributed by atoms with van der Waals surface area (Å²) >= 11 is 1.66. The fraction of sp³-hybridized carbons (Fsp3) is 0.167. The molecule has 23 heavy (non-hydrogen) atoms. The zero-order valence-electron chi connectivity index (χ0n) is 12.7.